The summed E-state index contributed by atoms with van der Waals surface area (Å²) in [6, 6.07) is 7.38. The molecule has 31 heavy (non-hydrogen) atoms. The van der Waals surface area contributed by atoms with Crippen molar-refractivity contribution in [1.29, 1.82) is 0 Å². The number of benzene rings is 1. The maximum Gasteiger partial charge on any atom is 0.322 e. The zero-order chi connectivity index (χ0) is 22.0. The Labute approximate surface area is 189 Å². The highest BCUT2D eigenvalue weighted by molar-refractivity contribution is 6.30. The van der Waals surface area contributed by atoms with E-state index in [9.17, 15) is 4.79 Å². The standard InChI is InChI=1S/C23H31ClN6O/c1-16(2)28(3)21-19-15-30(23(31)25-18-9-7-8-17(24)14-18)13-10-20(19)26-22(27-21)29-11-5-4-6-12-29/h7-9,14,16H,4-6,10-13,15H2,1-3H3,(H,25,31). The number of halogens is 1. The number of aromatic nitrogens is 2. The summed E-state index contributed by atoms with van der Waals surface area (Å²) in [5.41, 5.74) is 2.80. The number of nitrogens with one attached hydrogen (secondary N) is 1. The molecule has 0 unspecified atom stereocenters. The van der Waals surface area contributed by atoms with Gasteiger partial charge in [0, 0.05) is 55.4 Å². The van der Waals surface area contributed by atoms with Crippen molar-refractivity contribution in [3.63, 3.8) is 0 Å². The third kappa shape index (κ3) is 4.87. The second kappa shape index (κ2) is 9.30. The molecule has 4 rings (SSSR count). The summed E-state index contributed by atoms with van der Waals surface area (Å²) in [5.74, 6) is 1.76. The Balaban J connectivity index is 1.60. The lowest BCUT2D eigenvalue weighted by atomic mass is 10.1. The lowest BCUT2D eigenvalue weighted by Gasteiger charge is -2.35. The maximum absolute atomic E-state index is 12.9. The number of fused-ring (bicyclic) bond motifs is 1. The van der Waals surface area contributed by atoms with Crippen LogP contribution in [0.4, 0.5) is 22.2 Å². The highest BCUT2D eigenvalue weighted by Crippen LogP contribution is 2.30. The molecule has 2 aliphatic rings. The molecule has 2 aliphatic heterocycles. The molecule has 0 saturated carbocycles. The molecule has 0 aliphatic carbocycles. The van der Waals surface area contributed by atoms with Gasteiger partial charge in [-0.25, -0.2) is 9.78 Å². The normalized spacial score (nSPS) is 16.3. The summed E-state index contributed by atoms with van der Waals surface area (Å²) in [6.45, 7) is 7.45. The van der Waals surface area contributed by atoms with Crippen molar-refractivity contribution >= 4 is 35.1 Å². The third-order valence-corrected chi connectivity index (χ3v) is 6.37. The van der Waals surface area contributed by atoms with Gasteiger partial charge in [-0.05, 0) is 51.3 Å². The van der Waals surface area contributed by atoms with Crippen molar-refractivity contribution in [1.82, 2.24) is 14.9 Å². The van der Waals surface area contributed by atoms with Gasteiger partial charge in [-0.15, -0.1) is 0 Å². The van der Waals surface area contributed by atoms with Gasteiger partial charge in [-0.1, -0.05) is 17.7 Å². The molecule has 166 valence electrons. The van der Waals surface area contributed by atoms with E-state index in [1.807, 2.05) is 17.0 Å². The monoisotopic (exact) mass is 442 g/mol. The van der Waals surface area contributed by atoms with Gasteiger partial charge in [-0.3, -0.25) is 0 Å². The molecule has 1 aromatic carbocycles. The van der Waals surface area contributed by atoms with Gasteiger partial charge in [0.2, 0.25) is 5.95 Å². The second-order valence-corrected chi connectivity index (χ2v) is 9.07. The van der Waals surface area contributed by atoms with Crippen LogP contribution in [0.1, 0.15) is 44.4 Å². The molecule has 0 spiro atoms. The van der Waals surface area contributed by atoms with Crippen molar-refractivity contribution in [3.05, 3.63) is 40.5 Å². The molecule has 2 aromatic rings. The Morgan fingerprint density at radius 3 is 2.65 bits per heavy atom. The number of nitrogens with zero attached hydrogens (tertiary/aromatic N) is 5. The number of rotatable bonds is 4. The smallest absolute Gasteiger partial charge is 0.322 e. The van der Waals surface area contributed by atoms with Crippen molar-refractivity contribution in [2.75, 3.05) is 41.8 Å². The molecule has 0 atom stereocenters. The summed E-state index contributed by atoms with van der Waals surface area (Å²) in [5, 5.41) is 3.56. The van der Waals surface area contributed by atoms with Gasteiger partial charge in [0.25, 0.3) is 0 Å². The van der Waals surface area contributed by atoms with Crippen LogP contribution in [0.3, 0.4) is 0 Å². The van der Waals surface area contributed by atoms with E-state index in [1.165, 1.54) is 19.3 Å². The van der Waals surface area contributed by atoms with E-state index in [2.05, 4.69) is 36.0 Å². The van der Waals surface area contributed by atoms with Crippen molar-refractivity contribution in [3.8, 4) is 0 Å². The molecule has 1 N–H and O–H groups in total. The van der Waals surface area contributed by atoms with Gasteiger partial charge in [0.15, 0.2) is 0 Å². The average molecular weight is 443 g/mol. The molecule has 1 aromatic heterocycles. The van der Waals surface area contributed by atoms with E-state index in [1.54, 1.807) is 12.1 Å². The van der Waals surface area contributed by atoms with Gasteiger partial charge >= 0.3 is 6.03 Å². The summed E-state index contributed by atoms with van der Waals surface area (Å²) in [7, 11) is 2.07. The largest absolute Gasteiger partial charge is 0.357 e. The number of hydrogen-bond donors (Lipinski definition) is 1. The molecular weight excluding hydrogens is 412 g/mol. The summed E-state index contributed by atoms with van der Waals surface area (Å²) >= 11 is 6.05. The minimum atomic E-state index is -0.133. The second-order valence-electron chi connectivity index (χ2n) is 8.64. The first kappa shape index (κ1) is 21.7. The lowest BCUT2D eigenvalue weighted by Crippen LogP contribution is -2.41. The number of anilines is 3. The minimum absolute atomic E-state index is 0.133. The topological polar surface area (TPSA) is 64.6 Å². The molecule has 8 heteroatoms. The first-order valence-electron chi connectivity index (χ1n) is 11.1. The highest BCUT2D eigenvalue weighted by atomic mass is 35.5. The minimum Gasteiger partial charge on any atom is -0.357 e. The number of hydrogen-bond acceptors (Lipinski definition) is 5. The SMILES string of the molecule is CC(C)N(C)c1nc(N2CCCCC2)nc2c1CN(C(=O)Nc1cccc(Cl)c1)CC2. The zero-order valence-electron chi connectivity index (χ0n) is 18.6. The van der Waals surface area contributed by atoms with Gasteiger partial charge in [0.05, 0.1) is 12.2 Å². The van der Waals surface area contributed by atoms with E-state index < -0.39 is 0 Å². The van der Waals surface area contributed by atoms with Crippen molar-refractivity contribution < 1.29 is 4.79 Å². The van der Waals surface area contributed by atoms with Crippen LogP contribution in [0.5, 0.6) is 0 Å². The number of piperidine rings is 1. The average Bonchev–Trinajstić information content (AvgIpc) is 2.78. The molecule has 0 radical (unpaired) electrons. The summed E-state index contributed by atoms with van der Waals surface area (Å²) in [4.78, 5) is 29.2. The Morgan fingerprint density at radius 2 is 1.94 bits per heavy atom. The number of amides is 2. The van der Waals surface area contributed by atoms with E-state index in [0.29, 0.717) is 29.8 Å². The fourth-order valence-corrected chi connectivity index (χ4v) is 4.29. The van der Waals surface area contributed by atoms with Crippen LogP contribution >= 0.6 is 11.6 Å². The highest BCUT2D eigenvalue weighted by Gasteiger charge is 2.29. The van der Waals surface area contributed by atoms with E-state index in [0.717, 1.165) is 42.5 Å². The van der Waals surface area contributed by atoms with Crippen LogP contribution in [-0.4, -0.2) is 53.6 Å². The van der Waals surface area contributed by atoms with Crippen LogP contribution < -0.4 is 15.1 Å². The van der Waals surface area contributed by atoms with Crippen LogP contribution in [0.2, 0.25) is 5.02 Å². The Kier molecular flexibility index (Phi) is 6.51. The summed E-state index contributed by atoms with van der Waals surface area (Å²) < 4.78 is 0. The van der Waals surface area contributed by atoms with Crippen molar-refractivity contribution in [2.24, 2.45) is 0 Å². The third-order valence-electron chi connectivity index (χ3n) is 6.14. The Morgan fingerprint density at radius 1 is 1.16 bits per heavy atom. The molecule has 7 nitrogen and oxygen atoms in total. The van der Waals surface area contributed by atoms with E-state index in [-0.39, 0.29) is 6.03 Å². The zero-order valence-corrected chi connectivity index (χ0v) is 19.3. The number of carbonyl (C=O) groups is 1. The predicted octanol–water partition coefficient (Wildman–Crippen LogP) is 4.56. The fourth-order valence-electron chi connectivity index (χ4n) is 4.10. The molecular formula is C23H31ClN6O. The quantitative estimate of drug-likeness (QED) is 0.752. The fraction of sp³-hybridized carbons (Fsp3) is 0.522. The number of carbonyl (C=O) groups excluding carboxylic acids is 1. The van der Waals surface area contributed by atoms with Gasteiger partial charge in [-0.2, -0.15) is 4.98 Å². The van der Waals surface area contributed by atoms with E-state index in [4.69, 9.17) is 21.6 Å². The van der Waals surface area contributed by atoms with Crippen LogP contribution in [0, 0.1) is 0 Å². The predicted molar refractivity (Wildman–Crippen MR) is 126 cm³/mol. The first-order valence-corrected chi connectivity index (χ1v) is 11.5. The van der Waals surface area contributed by atoms with Crippen molar-refractivity contribution in [2.45, 2.75) is 52.1 Å². The maximum atomic E-state index is 12.9. The Bertz CT molecular complexity index is 944. The first-order chi connectivity index (χ1) is 14.9. The Hall–Kier alpha value is -2.54. The van der Waals surface area contributed by atoms with Crippen LogP contribution in [-0.2, 0) is 13.0 Å². The number of urea groups is 1. The molecule has 2 amide bonds. The van der Waals surface area contributed by atoms with Gasteiger partial charge in [0.1, 0.15) is 5.82 Å². The van der Waals surface area contributed by atoms with Gasteiger partial charge < -0.3 is 20.0 Å². The summed E-state index contributed by atoms with van der Waals surface area (Å²) in [6.07, 6.45) is 4.37. The molecule has 3 heterocycles. The van der Waals surface area contributed by atoms with Crippen LogP contribution in [0.15, 0.2) is 24.3 Å². The molecule has 0 bridgehead atoms. The van der Waals surface area contributed by atoms with Crippen LogP contribution in [0.25, 0.3) is 0 Å². The van der Waals surface area contributed by atoms with E-state index >= 15 is 0 Å². The molecule has 1 saturated heterocycles. The lowest BCUT2D eigenvalue weighted by molar-refractivity contribution is 0.206. The molecule has 1 fully saturated rings.